The number of nitrogens with zero attached hydrogens (tertiary/aromatic N) is 4. The van der Waals surface area contributed by atoms with Crippen LogP contribution < -0.4 is 10.5 Å². The maximum Gasteiger partial charge on any atom is 0.392 e. The molecule has 0 saturated heterocycles. The zero-order valence-corrected chi connectivity index (χ0v) is 18.8. The number of rotatable bonds is 10. The van der Waals surface area contributed by atoms with Gasteiger partial charge in [-0.05, 0) is 38.1 Å². The van der Waals surface area contributed by atoms with Crippen molar-refractivity contribution in [2.45, 2.75) is 42.6 Å². The average Bonchev–Trinajstić information content (AvgIpc) is 3.09. The lowest BCUT2D eigenvalue weighted by Crippen LogP contribution is -2.17. The molecule has 12 heteroatoms. The smallest absolute Gasteiger partial charge is 0.392 e. The number of nitrogen functional groups attached to an aromatic ring is 1. The molecule has 0 saturated carbocycles. The molecule has 0 radical (unpaired) electrons. The zero-order valence-electron chi connectivity index (χ0n) is 17.0. The topological polar surface area (TPSA) is 88.1 Å². The molecule has 0 spiro atoms. The minimum atomic E-state index is -4.16. The minimum Gasteiger partial charge on any atom is -0.494 e. The number of hydrogen-bond acceptors (Lipinski definition) is 7. The highest BCUT2D eigenvalue weighted by molar-refractivity contribution is 7.99. The van der Waals surface area contributed by atoms with Crippen molar-refractivity contribution in [1.82, 2.24) is 19.5 Å². The van der Waals surface area contributed by atoms with Gasteiger partial charge in [0.2, 0.25) is 5.95 Å². The van der Waals surface area contributed by atoms with E-state index in [1.165, 1.54) is 11.8 Å². The molecule has 0 aliphatic rings. The molecule has 2 N–H and O–H groups in total. The largest absolute Gasteiger partial charge is 0.494 e. The van der Waals surface area contributed by atoms with Crippen molar-refractivity contribution >= 4 is 37.5 Å². The Labute approximate surface area is 183 Å². The number of halogens is 3. The van der Waals surface area contributed by atoms with Crippen LogP contribution in [0.4, 0.5) is 19.1 Å². The number of hydrogen-bond donors (Lipinski definition) is 1. The van der Waals surface area contributed by atoms with Crippen LogP contribution in [-0.4, -0.2) is 50.9 Å². The summed E-state index contributed by atoms with van der Waals surface area (Å²) in [6.07, 6.45) is -3.62. The van der Waals surface area contributed by atoms with Gasteiger partial charge in [-0.3, -0.25) is 0 Å². The lowest BCUT2D eigenvalue weighted by Gasteiger charge is -2.14. The van der Waals surface area contributed by atoms with Crippen molar-refractivity contribution in [3.63, 3.8) is 0 Å². The summed E-state index contributed by atoms with van der Waals surface area (Å²) in [7, 11) is -0.325. The normalized spacial score (nSPS) is 13.3. The van der Waals surface area contributed by atoms with Gasteiger partial charge < -0.3 is 19.8 Å². The van der Waals surface area contributed by atoms with Crippen molar-refractivity contribution in [1.29, 1.82) is 0 Å². The Balaban J connectivity index is 1.69. The Morgan fingerprint density at radius 1 is 1.23 bits per heavy atom. The van der Waals surface area contributed by atoms with E-state index in [2.05, 4.69) is 15.0 Å². The molecular formula is C19H23F3N5O2PS. The first-order valence-electron chi connectivity index (χ1n) is 9.53. The Morgan fingerprint density at radius 2 is 1.97 bits per heavy atom. The van der Waals surface area contributed by atoms with Crippen LogP contribution in [0.3, 0.4) is 0 Å². The third-order valence-electron chi connectivity index (χ3n) is 4.05. The maximum absolute atomic E-state index is 12.3. The van der Waals surface area contributed by atoms with Gasteiger partial charge in [0, 0.05) is 4.90 Å². The van der Waals surface area contributed by atoms with Crippen LogP contribution in [0, 0.1) is 0 Å². The Morgan fingerprint density at radius 3 is 2.65 bits per heavy atom. The molecule has 0 aliphatic carbocycles. The van der Waals surface area contributed by atoms with E-state index in [-0.39, 0.29) is 27.0 Å². The van der Waals surface area contributed by atoms with Gasteiger partial charge in [-0.25, -0.2) is 9.97 Å². The van der Waals surface area contributed by atoms with Gasteiger partial charge in [-0.15, -0.1) is 0 Å². The van der Waals surface area contributed by atoms with Gasteiger partial charge in [0.25, 0.3) is 0 Å². The third-order valence-corrected chi connectivity index (χ3v) is 6.06. The summed E-state index contributed by atoms with van der Waals surface area (Å²) in [5.41, 5.74) is 7.05. The van der Waals surface area contributed by atoms with E-state index < -0.39 is 12.3 Å². The highest BCUT2D eigenvalue weighted by Crippen LogP contribution is 2.32. The van der Waals surface area contributed by atoms with Crippen LogP contribution >= 0.6 is 20.3 Å². The van der Waals surface area contributed by atoms with E-state index in [1.54, 1.807) is 17.8 Å². The van der Waals surface area contributed by atoms with Crippen molar-refractivity contribution in [3.05, 3.63) is 30.6 Å². The van der Waals surface area contributed by atoms with Crippen molar-refractivity contribution in [2.24, 2.45) is 0 Å². The Bertz CT molecular complexity index is 1000. The van der Waals surface area contributed by atoms with Crippen LogP contribution in [0.1, 0.15) is 13.8 Å². The number of imidazole rings is 1. The first-order valence-corrected chi connectivity index (χ1v) is 11.8. The fraction of sp³-hybridized carbons (Fsp3) is 0.421. The molecule has 2 atom stereocenters. The Hall–Kier alpha value is -2.10. The van der Waals surface area contributed by atoms with Gasteiger partial charge in [-0.2, -0.15) is 18.2 Å². The lowest BCUT2D eigenvalue weighted by molar-refractivity contribution is -0.106. The predicted molar refractivity (Wildman–Crippen MR) is 116 cm³/mol. The van der Waals surface area contributed by atoms with Crippen LogP contribution in [0.2, 0.25) is 0 Å². The molecule has 3 aromatic rings. The molecule has 168 valence electrons. The monoisotopic (exact) mass is 473 g/mol. The van der Waals surface area contributed by atoms with Crippen LogP contribution in [-0.2, 0) is 11.3 Å². The second-order valence-electron chi connectivity index (χ2n) is 6.63. The molecule has 7 nitrogen and oxygen atoms in total. The van der Waals surface area contributed by atoms with E-state index in [4.69, 9.17) is 15.2 Å². The van der Waals surface area contributed by atoms with Crippen LogP contribution in [0.25, 0.3) is 11.2 Å². The highest BCUT2D eigenvalue weighted by Gasteiger charge is 2.26. The summed E-state index contributed by atoms with van der Waals surface area (Å²) in [6, 6.07) is 7.61. The summed E-state index contributed by atoms with van der Waals surface area (Å²) in [5.74, 6) is 0.899. The van der Waals surface area contributed by atoms with E-state index in [0.717, 1.165) is 10.6 Å². The fourth-order valence-electron chi connectivity index (χ4n) is 2.75. The standard InChI is InChI=1S/C19H23F3N5O2PS/c1-3-28-13-4-6-14(7-5-13)31-17-15-16(25-18(23)26-17)27(10-24-15)8-12(2)29-11-30-9-19(20,21)22/h4-7,10,12,30H,3,8-9,11H2,1-2H3,(H2,23,25,26). The Kier molecular flexibility index (Phi) is 7.96. The number of alkyl halides is 3. The van der Waals surface area contributed by atoms with Gasteiger partial charge in [0.05, 0.1) is 38.1 Å². The highest BCUT2D eigenvalue weighted by atomic mass is 32.2. The SMILES string of the molecule is CCOc1ccc(Sc2nc(N)nc3c2ncn3CC(C)OCPCC(F)(F)F)cc1. The quantitative estimate of drug-likeness (QED) is 0.262. The first-order chi connectivity index (χ1) is 14.7. The van der Waals surface area contributed by atoms with Crippen LogP contribution in [0.5, 0.6) is 5.75 Å². The molecule has 31 heavy (non-hydrogen) atoms. The molecule has 0 amide bonds. The summed E-state index contributed by atoms with van der Waals surface area (Å²) in [5, 5.41) is 0.616. The molecule has 2 aromatic heterocycles. The number of ether oxygens (including phenoxy) is 2. The van der Waals surface area contributed by atoms with Crippen molar-refractivity contribution in [3.8, 4) is 5.75 Å². The van der Waals surface area contributed by atoms with Crippen LogP contribution in [0.15, 0.2) is 40.5 Å². The van der Waals surface area contributed by atoms with Gasteiger partial charge in [0.1, 0.15) is 16.3 Å². The summed E-state index contributed by atoms with van der Waals surface area (Å²) in [4.78, 5) is 14.0. The van der Waals surface area contributed by atoms with Gasteiger partial charge in [-0.1, -0.05) is 20.3 Å². The number of nitrogens with two attached hydrogens (primary N) is 1. The van der Waals surface area contributed by atoms with Crippen molar-refractivity contribution < 1.29 is 22.6 Å². The number of benzene rings is 1. The van der Waals surface area contributed by atoms with E-state index in [1.807, 2.05) is 31.2 Å². The first kappa shape index (κ1) is 23.6. The second-order valence-corrected chi connectivity index (χ2v) is 8.83. The zero-order chi connectivity index (χ0) is 22.4. The number of aromatic nitrogens is 4. The summed E-state index contributed by atoms with van der Waals surface area (Å²) < 4.78 is 49.5. The lowest BCUT2D eigenvalue weighted by atomic mass is 10.3. The fourth-order valence-corrected chi connectivity index (χ4v) is 4.41. The molecule has 3 rings (SSSR count). The van der Waals surface area contributed by atoms with E-state index >= 15 is 0 Å². The molecule has 0 fully saturated rings. The number of fused-ring (bicyclic) bond motifs is 1. The van der Waals surface area contributed by atoms with Gasteiger partial charge >= 0.3 is 6.18 Å². The molecule has 2 heterocycles. The molecule has 1 aromatic carbocycles. The van der Waals surface area contributed by atoms with Gasteiger partial charge in [0.15, 0.2) is 5.65 Å². The minimum absolute atomic E-state index is 0.0588. The maximum atomic E-state index is 12.3. The molecule has 0 aliphatic heterocycles. The van der Waals surface area contributed by atoms with E-state index in [9.17, 15) is 13.2 Å². The summed E-state index contributed by atoms with van der Waals surface area (Å²) in [6.45, 7) is 4.70. The summed E-state index contributed by atoms with van der Waals surface area (Å²) >= 11 is 1.41. The number of anilines is 1. The molecular weight excluding hydrogens is 450 g/mol. The second kappa shape index (κ2) is 10.5. The average molecular weight is 473 g/mol. The predicted octanol–water partition coefficient (Wildman–Crippen LogP) is 4.56. The van der Waals surface area contributed by atoms with Crippen molar-refractivity contribution in [2.75, 3.05) is 24.9 Å². The van der Waals surface area contributed by atoms with E-state index in [0.29, 0.717) is 29.3 Å². The third kappa shape index (κ3) is 6.95. The molecule has 0 bridgehead atoms. The molecule has 2 unspecified atom stereocenters.